The fourth-order valence-electron chi connectivity index (χ4n) is 2.32. The first-order valence-corrected chi connectivity index (χ1v) is 5.80. The van der Waals surface area contributed by atoms with Gasteiger partial charge in [-0.05, 0) is 45.1 Å². The molecule has 0 bridgehead atoms. The fraction of sp³-hybridized carbons (Fsp3) is 0.909. The quantitative estimate of drug-likeness (QED) is 0.683. The van der Waals surface area contributed by atoms with E-state index in [4.69, 9.17) is 4.74 Å². The maximum atomic E-state index is 11.6. The molecule has 1 saturated carbocycles. The molecule has 2 aliphatic rings. The normalized spacial score (nSPS) is 29.0. The third-order valence-electron chi connectivity index (χ3n) is 3.18. The summed E-state index contributed by atoms with van der Waals surface area (Å²) in [6.45, 7) is 0.963. The van der Waals surface area contributed by atoms with Crippen molar-refractivity contribution in [2.75, 3.05) is 6.54 Å². The third kappa shape index (κ3) is 2.47. The zero-order valence-corrected chi connectivity index (χ0v) is 8.63. The van der Waals surface area contributed by atoms with Crippen LogP contribution in [0, 0.1) is 0 Å². The molecule has 3 nitrogen and oxygen atoms in total. The van der Waals surface area contributed by atoms with E-state index in [1.165, 1.54) is 19.3 Å². The molecule has 1 aliphatic heterocycles. The highest BCUT2D eigenvalue weighted by Gasteiger charge is 2.26. The number of ether oxygens (including phenoxy) is 1. The highest BCUT2D eigenvalue weighted by Crippen LogP contribution is 2.21. The van der Waals surface area contributed by atoms with Crippen LogP contribution in [0.5, 0.6) is 0 Å². The highest BCUT2D eigenvalue weighted by molar-refractivity contribution is 5.76. The van der Waals surface area contributed by atoms with Crippen LogP contribution in [-0.4, -0.2) is 24.7 Å². The van der Waals surface area contributed by atoms with Gasteiger partial charge in [0.2, 0.25) is 0 Å². The molecule has 14 heavy (non-hydrogen) atoms. The van der Waals surface area contributed by atoms with Crippen molar-refractivity contribution in [1.29, 1.82) is 0 Å². The van der Waals surface area contributed by atoms with Crippen molar-refractivity contribution >= 4 is 5.97 Å². The number of hydrogen-bond acceptors (Lipinski definition) is 3. The van der Waals surface area contributed by atoms with Gasteiger partial charge in [-0.1, -0.05) is 6.42 Å². The highest BCUT2D eigenvalue weighted by atomic mass is 16.5. The maximum absolute atomic E-state index is 11.6. The van der Waals surface area contributed by atoms with Crippen molar-refractivity contribution < 1.29 is 9.53 Å². The lowest BCUT2D eigenvalue weighted by molar-refractivity contribution is -0.152. The van der Waals surface area contributed by atoms with E-state index in [0.29, 0.717) is 0 Å². The molecule has 1 heterocycles. The minimum absolute atomic E-state index is 0.0167. The van der Waals surface area contributed by atoms with E-state index in [2.05, 4.69) is 5.32 Å². The van der Waals surface area contributed by atoms with Gasteiger partial charge in [0.25, 0.3) is 0 Å². The molecule has 1 aliphatic carbocycles. The average molecular weight is 197 g/mol. The van der Waals surface area contributed by atoms with E-state index < -0.39 is 0 Å². The third-order valence-corrected chi connectivity index (χ3v) is 3.18. The molecular weight excluding hydrogens is 178 g/mol. The van der Waals surface area contributed by atoms with Crippen LogP contribution in [0.4, 0.5) is 0 Å². The lowest BCUT2D eigenvalue weighted by Crippen LogP contribution is -2.35. The second-order valence-corrected chi connectivity index (χ2v) is 4.35. The minimum atomic E-state index is -0.0191. The number of carbonyl (C=O) groups is 1. The van der Waals surface area contributed by atoms with Crippen LogP contribution in [0.3, 0.4) is 0 Å². The summed E-state index contributed by atoms with van der Waals surface area (Å²) in [6, 6.07) is -0.0167. The smallest absolute Gasteiger partial charge is 0.323 e. The Kier molecular flexibility index (Phi) is 3.40. The Balaban J connectivity index is 1.75. The average Bonchev–Trinajstić information content (AvgIpc) is 2.72. The second-order valence-electron chi connectivity index (χ2n) is 4.35. The van der Waals surface area contributed by atoms with Crippen LogP contribution in [0.2, 0.25) is 0 Å². The molecule has 0 radical (unpaired) electrons. The zero-order valence-electron chi connectivity index (χ0n) is 8.63. The van der Waals surface area contributed by atoms with Crippen molar-refractivity contribution in [2.24, 2.45) is 0 Å². The van der Waals surface area contributed by atoms with Gasteiger partial charge >= 0.3 is 5.97 Å². The van der Waals surface area contributed by atoms with E-state index in [-0.39, 0.29) is 18.1 Å². The second kappa shape index (κ2) is 4.78. The molecule has 2 rings (SSSR count). The van der Waals surface area contributed by atoms with Gasteiger partial charge in [0.1, 0.15) is 12.1 Å². The van der Waals surface area contributed by atoms with E-state index in [9.17, 15) is 4.79 Å². The molecule has 1 saturated heterocycles. The number of esters is 1. The van der Waals surface area contributed by atoms with Crippen molar-refractivity contribution in [3.05, 3.63) is 0 Å². The monoisotopic (exact) mass is 197 g/mol. The van der Waals surface area contributed by atoms with Gasteiger partial charge in [-0.2, -0.15) is 0 Å². The van der Waals surface area contributed by atoms with E-state index in [1.54, 1.807) is 0 Å². The Hall–Kier alpha value is -0.570. The van der Waals surface area contributed by atoms with Gasteiger partial charge in [0.05, 0.1) is 0 Å². The SMILES string of the molecule is O=C(OC1CCCCC1)[C@H]1CCCN1. The predicted molar refractivity (Wildman–Crippen MR) is 54.0 cm³/mol. The topological polar surface area (TPSA) is 38.3 Å². The first-order chi connectivity index (χ1) is 6.86. The van der Waals surface area contributed by atoms with Crippen molar-refractivity contribution in [3.63, 3.8) is 0 Å². The first-order valence-electron chi connectivity index (χ1n) is 5.80. The zero-order chi connectivity index (χ0) is 9.80. The molecule has 0 aromatic carbocycles. The lowest BCUT2D eigenvalue weighted by atomic mass is 9.98. The van der Waals surface area contributed by atoms with Crippen LogP contribution in [0.1, 0.15) is 44.9 Å². The summed E-state index contributed by atoms with van der Waals surface area (Å²) in [4.78, 5) is 11.6. The number of carbonyl (C=O) groups excluding carboxylic acids is 1. The summed E-state index contributed by atoms with van der Waals surface area (Å²) in [6.07, 6.45) is 8.13. The molecule has 0 aromatic heterocycles. The van der Waals surface area contributed by atoms with Crippen molar-refractivity contribution in [2.45, 2.75) is 57.1 Å². The molecule has 0 aromatic rings. The van der Waals surface area contributed by atoms with Gasteiger partial charge in [-0.15, -0.1) is 0 Å². The van der Waals surface area contributed by atoms with E-state index in [0.717, 1.165) is 32.2 Å². The Morgan fingerprint density at radius 2 is 1.86 bits per heavy atom. The molecule has 0 spiro atoms. The molecule has 2 fully saturated rings. The van der Waals surface area contributed by atoms with Crippen LogP contribution < -0.4 is 5.32 Å². The van der Waals surface area contributed by atoms with Gasteiger partial charge in [-0.3, -0.25) is 4.79 Å². The van der Waals surface area contributed by atoms with Gasteiger partial charge in [0.15, 0.2) is 0 Å². The van der Waals surface area contributed by atoms with Crippen molar-refractivity contribution in [3.8, 4) is 0 Å². The van der Waals surface area contributed by atoms with Crippen LogP contribution in [0.25, 0.3) is 0 Å². The van der Waals surface area contributed by atoms with Gasteiger partial charge in [-0.25, -0.2) is 0 Å². The predicted octanol–water partition coefficient (Wildman–Crippen LogP) is 1.61. The summed E-state index contributed by atoms with van der Waals surface area (Å²) in [5, 5.41) is 3.17. The van der Waals surface area contributed by atoms with Crippen LogP contribution >= 0.6 is 0 Å². The lowest BCUT2D eigenvalue weighted by Gasteiger charge is -2.23. The Morgan fingerprint density at radius 1 is 1.07 bits per heavy atom. The summed E-state index contributed by atoms with van der Waals surface area (Å²) in [5.41, 5.74) is 0. The maximum Gasteiger partial charge on any atom is 0.323 e. The number of nitrogens with one attached hydrogen (secondary N) is 1. The Bertz CT molecular complexity index is 193. The van der Waals surface area contributed by atoms with Gasteiger partial charge < -0.3 is 10.1 Å². The van der Waals surface area contributed by atoms with Crippen LogP contribution in [-0.2, 0) is 9.53 Å². The standard InChI is InChI=1S/C11H19NO2/c13-11(10-7-4-8-12-10)14-9-5-2-1-3-6-9/h9-10,12H,1-8H2/t10-/m1/s1. The number of hydrogen-bond donors (Lipinski definition) is 1. The Morgan fingerprint density at radius 3 is 2.50 bits per heavy atom. The largest absolute Gasteiger partial charge is 0.461 e. The van der Waals surface area contributed by atoms with E-state index >= 15 is 0 Å². The summed E-state index contributed by atoms with van der Waals surface area (Å²) < 4.78 is 5.47. The molecule has 1 N–H and O–H groups in total. The van der Waals surface area contributed by atoms with Crippen molar-refractivity contribution in [1.82, 2.24) is 5.32 Å². The summed E-state index contributed by atoms with van der Waals surface area (Å²) >= 11 is 0. The molecule has 3 heteroatoms. The number of rotatable bonds is 2. The summed E-state index contributed by atoms with van der Waals surface area (Å²) in [7, 11) is 0. The minimum Gasteiger partial charge on any atom is -0.461 e. The fourth-order valence-corrected chi connectivity index (χ4v) is 2.32. The molecule has 0 amide bonds. The molecular formula is C11H19NO2. The molecule has 0 unspecified atom stereocenters. The Labute approximate surface area is 85.2 Å². The van der Waals surface area contributed by atoms with Crippen LogP contribution in [0.15, 0.2) is 0 Å². The first kappa shape index (κ1) is 9.97. The van der Waals surface area contributed by atoms with Gasteiger partial charge in [0, 0.05) is 0 Å². The van der Waals surface area contributed by atoms with E-state index in [1.807, 2.05) is 0 Å². The summed E-state index contributed by atoms with van der Waals surface area (Å²) in [5.74, 6) is -0.0191. The molecule has 1 atom stereocenters. The molecule has 80 valence electrons.